The third-order valence-corrected chi connectivity index (χ3v) is 4.96. The van der Waals surface area contributed by atoms with Crippen molar-refractivity contribution in [3.05, 3.63) is 87.7 Å². The van der Waals surface area contributed by atoms with Gasteiger partial charge >= 0.3 is 5.97 Å². The molecule has 0 bridgehead atoms. The Bertz CT molecular complexity index is 1090. The van der Waals surface area contributed by atoms with Crippen molar-refractivity contribution in [2.45, 2.75) is 13.8 Å². The van der Waals surface area contributed by atoms with Crippen LogP contribution >= 0.6 is 11.6 Å². The molecule has 28 heavy (non-hydrogen) atoms. The fraction of sp³-hybridized carbons (Fsp3) is 0.0952. The predicted octanol–water partition coefficient (Wildman–Crippen LogP) is 4.12. The summed E-state index contributed by atoms with van der Waals surface area (Å²) in [6.07, 6.45) is 0. The first-order chi connectivity index (χ1) is 13.4. The molecule has 0 radical (unpaired) electrons. The van der Waals surface area contributed by atoms with Crippen molar-refractivity contribution in [2.75, 3.05) is 0 Å². The Morgan fingerprint density at radius 2 is 1.46 bits per heavy atom. The Hall–Kier alpha value is -3.38. The molecule has 6 nitrogen and oxygen atoms in total. The van der Waals surface area contributed by atoms with E-state index in [9.17, 15) is 14.4 Å². The second-order valence-corrected chi connectivity index (χ2v) is 6.85. The highest BCUT2D eigenvalue weighted by atomic mass is 35.5. The van der Waals surface area contributed by atoms with Crippen molar-refractivity contribution < 1.29 is 19.2 Å². The van der Waals surface area contributed by atoms with Gasteiger partial charge in [-0.2, -0.15) is 0 Å². The van der Waals surface area contributed by atoms with Crippen LogP contribution in [0.4, 0.5) is 0 Å². The van der Waals surface area contributed by atoms with Gasteiger partial charge in [0.15, 0.2) is 0 Å². The number of aryl methyl sites for hydroxylation is 2. The molecule has 0 saturated heterocycles. The summed E-state index contributed by atoms with van der Waals surface area (Å²) in [5.74, 6) is -2.25. The molecule has 4 rings (SSSR count). The van der Waals surface area contributed by atoms with Crippen molar-refractivity contribution in [1.29, 1.82) is 0 Å². The van der Waals surface area contributed by atoms with Crippen LogP contribution in [0.1, 0.15) is 42.5 Å². The van der Waals surface area contributed by atoms with Gasteiger partial charge in [0.05, 0.1) is 21.7 Å². The maximum Gasteiger partial charge on any atom is 0.365 e. The van der Waals surface area contributed by atoms with Crippen molar-refractivity contribution >= 4 is 29.4 Å². The molecule has 0 fully saturated rings. The Balaban J connectivity index is 1.66. The summed E-state index contributed by atoms with van der Waals surface area (Å²) >= 11 is 6.18. The quantitative estimate of drug-likeness (QED) is 0.627. The second kappa shape index (κ2) is 6.65. The average molecular weight is 395 g/mol. The summed E-state index contributed by atoms with van der Waals surface area (Å²) in [5.41, 5.74) is 3.14. The molecule has 0 atom stereocenters. The van der Waals surface area contributed by atoms with E-state index < -0.39 is 17.8 Å². The Morgan fingerprint density at radius 1 is 0.893 bits per heavy atom. The lowest BCUT2D eigenvalue weighted by Crippen LogP contribution is -2.32. The first-order valence-corrected chi connectivity index (χ1v) is 8.91. The van der Waals surface area contributed by atoms with Gasteiger partial charge in [-0.1, -0.05) is 28.8 Å². The summed E-state index contributed by atoms with van der Waals surface area (Å²) in [7, 11) is 0. The van der Waals surface area contributed by atoms with Crippen LogP contribution < -0.4 is 0 Å². The van der Waals surface area contributed by atoms with Crippen LogP contribution in [0.15, 0.2) is 54.6 Å². The molecule has 0 saturated carbocycles. The lowest BCUT2D eigenvalue weighted by atomic mass is 10.1. The Kier molecular flexibility index (Phi) is 4.28. The zero-order valence-corrected chi connectivity index (χ0v) is 15.9. The van der Waals surface area contributed by atoms with E-state index >= 15 is 0 Å². The molecule has 1 aliphatic heterocycles. The van der Waals surface area contributed by atoms with Gasteiger partial charge in [-0.25, -0.2) is 4.79 Å². The molecular weight excluding hydrogens is 380 g/mol. The largest absolute Gasteiger partial charge is 0.365 e. The van der Waals surface area contributed by atoms with E-state index in [1.54, 1.807) is 30.3 Å². The zero-order chi connectivity index (χ0) is 20.0. The van der Waals surface area contributed by atoms with Gasteiger partial charge in [-0.05, 0) is 56.3 Å². The number of hydroxylamine groups is 2. The number of benzene rings is 2. The Morgan fingerprint density at radius 3 is 2.04 bits per heavy atom. The number of hydrogen-bond donors (Lipinski definition) is 0. The van der Waals surface area contributed by atoms with Crippen LogP contribution in [-0.4, -0.2) is 27.4 Å². The highest BCUT2D eigenvalue weighted by Crippen LogP contribution is 2.27. The molecule has 0 aliphatic carbocycles. The predicted molar refractivity (Wildman–Crippen MR) is 103 cm³/mol. The van der Waals surface area contributed by atoms with Gasteiger partial charge in [0.1, 0.15) is 0 Å². The fourth-order valence-corrected chi connectivity index (χ4v) is 3.46. The summed E-state index contributed by atoms with van der Waals surface area (Å²) in [5, 5.41) is 0.634. The van der Waals surface area contributed by atoms with Crippen LogP contribution in [-0.2, 0) is 4.84 Å². The maximum absolute atomic E-state index is 12.7. The topological polar surface area (TPSA) is 68.6 Å². The minimum atomic E-state index is -0.885. The van der Waals surface area contributed by atoms with Crippen LogP contribution in [0.25, 0.3) is 5.69 Å². The van der Waals surface area contributed by atoms with Gasteiger partial charge < -0.3 is 9.40 Å². The molecule has 2 aromatic carbocycles. The third kappa shape index (κ3) is 2.78. The molecule has 0 unspecified atom stereocenters. The van der Waals surface area contributed by atoms with Gasteiger partial charge in [0.25, 0.3) is 11.8 Å². The van der Waals surface area contributed by atoms with Crippen LogP contribution in [0.5, 0.6) is 0 Å². The van der Waals surface area contributed by atoms with E-state index in [1.165, 1.54) is 12.1 Å². The number of aromatic nitrogens is 1. The molecule has 2 heterocycles. The average Bonchev–Trinajstić information content (AvgIpc) is 3.14. The summed E-state index contributed by atoms with van der Waals surface area (Å²) < 4.78 is 1.95. The number of imide groups is 1. The number of halogens is 1. The van der Waals surface area contributed by atoms with Gasteiger partial charge in [-0.3, -0.25) is 9.59 Å². The normalized spacial score (nSPS) is 13.0. The highest BCUT2D eigenvalue weighted by Gasteiger charge is 2.39. The van der Waals surface area contributed by atoms with E-state index in [2.05, 4.69) is 0 Å². The van der Waals surface area contributed by atoms with E-state index in [-0.39, 0.29) is 21.7 Å². The van der Waals surface area contributed by atoms with Crippen LogP contribution in [0.3, 0.4) is 0 Å². The molecule has 1 aromatic heterocycles. The number of hydrogen-bond acceptors (Lipinski definition) is 4. The van der Waals surface area contributed by atoms with E-state index in [1.807, 2.05) is 30.5 Å². The first kappa shape index (κ1) is 18.0. The van der Waals surface area contributed by atoms with Crippen molar-refractivity contribution in [3.63, 3.8) is 0 Å². The molecule has 0 N–H and O–H groups in total. The number of carbonyl (C=O) groups is 3. The number of rotatable bonds is 3. The third-order valence-electron chi connectivity index (χ3n) is 4.63. The molecule has 0 spiro atoms. The van der Waals surface area contributed by atoms with Gasteiger partial charge in [-0.15, -0.1) is 0 Å². The molecular formula is C21H15ClN2O4. The lowest BCUT2D eigenvalue weighted by Gasteiger charge is -2.15. The first-order valence-electron chi connectivity index (χ1n) is 8.53. The summed E-state index contributed by atoms with van der Waals surface area (Å²) in [6.45, 7) is 3.89. The smallest absolute Gasteiger partial charge is 0.324 e. The summed E-state index contributed by atoms with van der Waals surface area (Å²) in [4.78, 5) is 42.6. The molecule has 7 heteroatoms. The van der Waals surface area contributed by atoms with Crippen molar-refractivity contribution in [1.82, 2.24) is 9.63 Å². The Labute approximate surface area is 165 Å². The molecule has 1 aliphatic rings. The summed E-state index contributed by atoms with van der Waals surface area (Å²) in [6, 6.07) is 15.1. The minimum absolute atomic E-state index is 0.0585. The zero-order valence-electron chi connectivity index (χ0n) is 15.1. The molecule has 140 valence electrons. The number of fused-ring (bicyclic) bond motifs is 1. The second-order valence-electron chi connectivity index (χ2n) is 6.44. The van der Waals surface area contributed by atoms with E-state index in [0.29, 0.717) is 5.06 Å². The van der Waals surface area contributed by atoms with Gasteiger partial charge in [0, 0.05) is 17.1 Å². The van der Waals surface area contributed by atoms with Crippen LogP contribution in [0.2, 0.25) is 5.02 Å². The minimum Gasteiger partial charge on any atom is -0.324 e. The standard InChI is InChI=1S/C21H15ClN2O4/c1-12-7-8-13(2)23(12)14-9-10-18(22)17(11-14)21(27)28-24-19(25)15-5-3-4-6-16(15)20(24)26/h3-11H,1-2H3. The molecule has 2 amide bonds. The van der Waals surface area contributed by atoms with Gasteiger partial charge in [0.2, 0.25) is 0 Å². The number of nitrogens with zero attached hydrogens (tertiary/aromatic N) is 2. The molecule has 3 aromatic rings. The SMILES string of the molecule is Cc1ccc(C)n1-c1ccc(Cl)c(C(=O)ON2C(=O)c3ccccc3C2=O)c1. The number of carbonyl (C=O) groups excluding carboxylic acids is 3. The lowest BCUT2D eigenvalue weighted by molar-refractivity contribution is -0.0584. The number of amides is 2. The van der Waals surface area contributed by atoms with Crippen LogP contribution in [0, 0.1) is 13.8 Å². The van der Waals surface area contributed by atoms with E-state index in [0.717, 1.165) is 17.1 Å². The monoisotopic (exact) mass is 394 g/mol. The fourth-order valence-electron chi connectivity index (χ4n) is 3.27. The maximum atomic E-state index is 12.7. The van der Waals surface area contributed by atoms with E-state index in [4.69, 9.17) is 16.4 Å². The van der Waals surface area contributed by atoms with Crippen molar-refractivity contribution in [3.8, 4) is 5.69 Å². The highest BCUT2D eigenvalue weighted by molar-refractivity contribution is 6.33. The van der Waals surface area contributed by atoms with Crippen molar-refractivity contribution in [2.24, 2.45) is 0 Å².